The number of ether oxygens (including phenoxy) is 1. The molecule has 0 saturated heterocycles. The third-order valence-corrected chi connectivity index (χ3v) is 9.68. The van der Waals surface area contributed by atoms with Crippen LogP contribution in [0.5, 0.6) is 5.75 Å². The van der Waals surface area contributed by atoms with E-state index < -0.39 is 28.5 Å². The molecule has 1 aliphatic rings. The number of amides is 2. The minimum Gasteiger partial charge on any atom is -0.497 e. The molecule has 0 unspecified atom stereocenters. The fourth-order valence-corrected chi connectivity index (χ4v) is 6.66. The summed E-state index contributed by atoms with van der Waals surface area (Å²) >= 11 is 6.38. The van der Waals surface area contributed by atoms with Crippen LogP contribution in [0.1, 0.15) is 43.7 Å². The van der Waals surface area contributed by atoms with Crippen LogP contribution in [0.25, 0.3) is 0 Å². The van der Waals surface area contributed by atoms with E-state index >= 15 is 0 Å². The summed E-state index contributed by atoms with van der Waals surface area (Å²) in [5, 5.41) is 3.45. The van der Waals surface area contributed by atoms with E-state index in [4.69, 9.17) is 16.3 Å². The molecule has 0 bridgehead atoms. The molecule has 41 heavy (non-hydrogen) atoms. The van der Waals surface area contributed by atoms with Crippen molar-refractivity contribution < 1.29 is 22.7 Å². The number of hydrogen-bond donors (Lipinski definition) is 1. The maximum absolute atomic E-state index is 14.1. The van der Waals surface area contributed by atoms with Gasteiger partial charge in [0.05, 0.1) is 17.7 Å². The monoisotopic (exact) mass is 597 g/mol. The molecule has 4 rings (SSSR count). The third kappa shape index (κ3) is 7.21. The summed E-state index contributed by atoms with van der Waals surface area (Å²) in [5.41, 5.74) is 1.59. The number of hydrogen-bond acceptors (Lipinski definition) is 5. The molecule has 0 aromatic heterocycles. The largest absolute Gasteiger partial charge is 0.497 e. The second kappa shape index (κ2) is 13.4. The summed E-state index contributed by atoms with van der Waals surface area (Å²) in [6.45, 7) is 2.97. The second-order valence-corrected chi connectivity index (χ2v) is 12.5. The summed E-state index contributed by atoms with van der Waals surface area (Å²) in [7, 11) is -2.59. The van der Waals surface area contributed by atoms with Gasteiger partial charge in [0.25, 0.3) is 10.0 Å². The molecule has 10 heteroatoms. The molecule has 2 amide bonds. The smallest absolute Gasteiger partial charge is 0.264 e. The number of halogens is 1. The summed E-state index contributed by atoms with van der Waals surface area (Å²) < 4.78 is 34.2. The Balaban J connectivity index is 1.70. The van der Waals surface area contributed by atoms with Crippen molar-refractivity contribution in [2.75, 3.05) is 18.0 Å². The minimum absolute atomic E-state index is 0.0425. The standard InChI is InChI=1S/C31H36ClN3O5S/c1-22-28(32)14-9-15-29(22)35(41(38,39)27-12-5-4-6-13-27)21-30(36)34(20-24-16-18-26(40-3)19-17-24)23(2)31(37)33-25-10-7-8-11-25/h4-6,9,12-19,23,25H,7-8,10-11,20-21H2,1-3H3,(H,33,37)/t23-/m1/s1. The molecular weight excluding hydrogens is 562 g/mol. The molecule has 1 saturated carbocycles. The number of rotatable bonds is 11. The van der Waals surface area contributed by atoms with Crippen molar-refractivity contribution in [3.05, 3.63) is 88.9 Å². The highest BCUT2D eigenvalue weighted by atomic mass is 35.5. The minimum atomic E-state index is -4.16. The molecule has 0 heterocycles. The second-order valence-electron chi connectivity index (χ2n) is 10.2. The fraction of sp³-hybridized carbons (Fsp3) is 0.355. The van der Waals surface area contributed by atoms with Crippen LogP contribution >= 0.6 is 11.6 Å². The van der Waals surface area contributed by atoms with Crippen molar-refractivity contribution in [1.29, 1.82) is 0 Å². The normalized spacial score (nSPS) is 14.3. The molecule has 0 aliphatic heterocycles. The Hall–Kier alpha value is -3.56. The molecule has 1 fully saturated rings. The van der Waals surface area contributed by atoms with Gasteiger partial charge in [-0.3, -0.25) is 13.9 Å². The van der Waals surface area contributed by atoms with E-state index in [2.05, 4.69) is 5.32 Å². The van der Waals surface area contributed by atoms with Crippen LogP contribution in [-0.2, 0) is 26.2 Å². The number of nitrogens with one attached hydrogen (secondary N) is 1. The molecule has 218 valence electrons. The van der Waals surface area contributed by atoms with Crippen LogP contribution < -0.4 is 14.4 Å². The highest BCUT2D eigenvalue weighted by molar-refractivity contribution is 7.92. The molecule has 1 N–H and O–H groups in total. The van der Waals surface area contributed by atoms with Crippen molar-refractivity contribution in [3.63, 3.8) is 0 Å². The third-order valence-electron chi connectivity index (χ3n) is 7.50. The first-order valence-corrected chi connectivity index (χ1v) is 15.5. The number of nitrogens with zero attached hydrogens (tertiary/aromatic N) is 2. The predicted molar refractivity (Wildman–Crippen MR) is 161 cm³/mol. The Morgan fingerprint density at radius 3 is 2.29 bits per heavy atom. The average molecular weight is 598 g/mol. The van der Waals surface area contributed by atoms with Crippen LogP contribution in [0.15, 0.2) is 77.7 Å². The van der Waals surface area contributed by atoms with Crippen LogP contribution in [0.2, 0.25) is 5.02 Å². The van der Waals surface area contributed by atoms with Crippen molar-refractivity contribution in [1.82, 2.24) is 10.2 Å². The molecule has 1 atom stereocenters. The first kappa shape index (κ1) is 30.4. The zero-order chi connectivity index (χ0) is 29.6. The zero-order valence-electron chi connectivity index (χ0n) is 23.5. The number of methoxy groups -OCH3 is 1. The van der Waals surface area contributed by atoms with E-state index in [-0.39, 0.29) is 23.4 Å². The zero-order valence-corrected chi connectivity index (χ0v) is 25.1. The van der Waals surface area contributed by atoms with Gasteiger partial charge in [0.1, 0.15) is 18.3 Å². The molecule has 3 aromatic rings. The summed E-state index contributed by atoms with van der Waals surface area (Å²) in [5.74, 6) is -0.126. The average Bonchev–Trinajstić information content (AvgIpc) is 3.49. The number of carbonyl (C=O) groups is 2. The maximum Gasteiger partial charge on any atom is 0.264 e. The van der Waals surface area contributed by atoms with Gasteiger partial charge in [-0.2, -0.15) is 0 Å². The molecule has 3 aromatic carbocycles. The predicted octanol–water partition coefficient (Wildman–Crippen LogP) is 5.33. The van der Waals surface area contributed by atoms with Gasteiger partial charge in [-0.05, 0) is 74.2 Å². The molecule has 1 aliphatic carbocycles. The SMILES string of the molecule is COc1ccc(CN(C(=O)CN(c2cccc(Cl)c2C)S(=O)(=O)c2ccccc2)[C@H](C)C(=O)NC2CCCC2)cc1. The number of carbonyl (C=O) groups excluding carboxylic acids is 2. The number of anilines is 1. The van der Waals surface area contributed by atoms with Crippen LogP contribution in [0.3, 0.4) is 0 Å². The van der Waals surface area contributed by atoms with E-state index in [9.17, 15) is 18.0 Å². The van der Waals surface area contributed by atoms with E-state index in [1.807, 2.05) is 12.1 Å². The van der Waals surface area contributed by atoms with Gasteiger partial charge < -0.3 is 15.0 Å². The van der Waals surface area contributed by atoms with Crippen molar-refractivity contribution >= 4 is 39.1 Å². The maximum atomic E-state index is 14.1. The Labute approximate surface area is 247 Å². The number of sulfonamides is 1. The van der Waals surface area contributed by atoms with Gasteiger partial charge >= 0.3 is 0 Å². The molecular formula is C31H36ClN3O5S. The number of benzene rings is 3. The highest BCUT2D eigenvalue weighted by Crippen LogP contribution is 2.31. The van der Waals surface area contributed by atoms with Gasteiger partial charge in [0.2, 0.25) is 11.8 Å². The van der Waals surface area contributed by atoms with Gasteiger partial charge in [0, 0.05) is 17.6 Å². The lowest BCUT2D eigenvalue weighted by molar-refractivity contribution is -0.139. The van der Waals surface area contributed by atoms with Crippen LogP contribution in [0.4, 0.5) is 5.69 Å². The van der Waals surface area contributed by atoms with Gasteiger partial charge in [-0.15, -0.1) is 0 Å². The van der Waals surface area contributed by atoms with Crippen LogP contribution in [-0.4, -0.2) is 50.9 Å². The Bertz CT molecular complexity index is 1460. The highest BCUT2D eigenvalue weighted by Gasteiger charge is 2.34. The van der Waals surface area contributed by atoms with Crippen molar-refractivity contribution in [2.45, 2.75) is 63.1 Å². The quantitative estimate of drug-likeness (QED) is 0.322. The van der Waals surface area contributed by atoms with E-state index in [1.54, 1.807) is 69.5 Å². The van der Waals surface area contributed by atoms with Gasteiger partial charge in [-0.25, -0.2) is 8.42 Å². The Morgan fingerprint density at radius 1 is 1.00 bits per heavy atom. The van der Waals surface area contributed by atoms with E-state index in [0.717, 1.165) is 35.6 Å². The lowest BCUT2D eigenvalue weighted by atomic mass is 10.1. The summed E-state index contributed by atoms with van der Waals surface area (Å²) in [6, 6.07) is 19.3. The van der Waals surface area contributed by atoms with Crippen LogP contribution in [0, 0.1) is 6.92 Å². The summed E-state index contributed by atoms with van der Waals surface area (Å²) in [6.07, 6.45) is 3.92. The topological polar surface area (TPSA) is 96.0 Å². The first-order valence-electron chi connectivity index (χ1n) is 13.7. The first-order chi connectivity index (χ1) is 19.6. The Kier molecular flexibility index (Phi) is 9.94. The molecule has 8 nitrogen and oxygen atoms in total. The lowest BCUT2D eigenvalue weighted by Gasteiger charge is -2.33. The van der Waals surface area contributed by atoms with E-state index in [1.165, 1.54) is 17.0 Å². The van der Waals surface area contributed by atoms with E-state index in [0.29, 0.717) is 22.0 Å². The molecule has 0 spiro atoms. The van der Waals surface area contributed by atoms with Gasteiger partial charge in [-0.1, -0.05) is 60.8 Å². The fourth-order valence-electron chi connectivity index (χ4n) is 5.00. The summed E-state index contributed by atoms with van der Waals surface area (Å²) in [4.78, 5) is 28.9. The Morgan fingerprint density at radius 2 is 1.66 bits per heavy atom. The van der Waals surface area contributed by atoms with Crippen molar-refractivity contribution in [2.24, 2.45) is 0 Å². The van der Waals surface area contributed by atoms with Crippen molar-refractivity contribution in [3.8, 4) is 5.75 Å². The van der Waals surface area contributed by atoms with Gasteiger partial charge in [0.15, 0.2) is 0 Å². The lowest BCUT2D eigenvalue weighted by Crippen LogP contribution is -2.52. The molecule has 0 radical (unpaired) electrons.